The van der Waals surface area contributed by atoms with Crippen molar-refractivity contribution in [2.45, 2.75) is 32.3 Å². The van der Waals surface area contributed by atoms with Crippen LogP contribution >= 0.6 is 0 Å². The van der Waals surface area contributed by atoms with Crippen LogP contribution in [0.15, 0.2) is 0 Å². The molecule has 4 nitrogen and oxygen atoms in total. The Balaban J connectivity index is 1.71. The largest absolute Gasteiger partial charge is 0.363 e. The van der Waals surface area contributed by atoms with Crippen LogP contribution in [0.25, 0.3) is 0 Å². The van der Waals surface area contributed by atoms with Crippen molar-refractivity contribution in [2.75, 3.05) is 32.8 Å². The predicted octanol–water partition coefficient (Wildman–Crippen LogP) is 0.623. The van der Waals surface area contributed by atoms with Gasteiger partial charge in [-0.05, 0) is 32.6 Å². The molecule has 0 bridgehead atoms. The van der Waals surface area contributed by atoms with Gasteiger partial charge in [0.15, 0.2) is 0 Å². The molecule has 0 unspecified atom stereocenters. The zero-order valence-corrected chi connectivity index (χ0v) is 10.3. The van der Waals surface area contributed by atoms with E-state index in [1.165, 1.54) is 12.8 Å². The van der Waals surface area contributed by atoms with Crippen molar-refractivity contribution in [3.63, 3.8) is 0 Å². The molecule has 0 aromatic heterocycles. The van der Waals surface area contributed by atoms with Gasteiger partial charge in [0.1, 0.15) is 6.61 Å². The third kappa shape index (κ3) is 2.95. The number of amides is 1. The van der Waals surface area contributed by atoms with Crippen LogP contribution in [0, 0.1) is 5.92 Å². The summed E-state index contributed by atoms with van der Waals surface area (Å²) in [7, 11) is 0. The molecule has 1 aliphatic carbocycles. The lowest BCUT2D eigenvalue weighted by Gasteiger charge is -2.39. The number of rotatable bonds is 6. The minimum absolute atomic E-state index is 0.116. The molecule has 1 amide bonds. The molecule has 2 aliphatic rings. The highest BCUT2D eigenvalue weighted by Gasteiger charge is 2.34. The maximum absolute atomic E-state index is 11.9. The van der Waals surface area contributed by atoms with Crippen LogP contribution in [0.1, 0.15) is 26.7 Å². The molecule has 1 saturated heterocycles. The summed E-state index contributed by atoms with van der Waals surface area (Å²) in [4.78, 5) is 13.8. The van der Waals surface area contributed by atoms with Gasteiger partial charge < -0.3 is 15.0 Å². The average molecular weight is 226 g/mol. The Bertz CT molecular complexity index is 260. The Hall–Kier alpha value is -0.610. The molecule has 92 valence electrons. The lowest BCUT2D eigenvalue weighted by atomic mass is 10.0. The van der Waals surface area contributed by atoms with E-state index in [0.717, 1.165) is 32.1 Å². The van der Waals surface area contributed by atoms with Crippen LogP contribution in [0.4, 0.5) is 0 Å². The molecule has 0 aromatic rings. The van der Waals surface area contributed by atoms with Gasteiger partial charge in [-0.1, -0.05) is 0 Å². The van der Waals surface area contributed by atoms with Crippen molar-refractivity contribution in [3.8, 4) is 0 Å². The summed E-state index contributed by atoms with van der Waals surface area (Å²) in [5.41, 5.74) is -0.116. The second-order valence-corrected chi connectivity index (χ2v) is 5.22. The van der Waals surface area contributed by atoms with E-state index in [4.69, 9.17) is 4.74 Å². The molecule has 2 fully saturated rings. The van der Waals surface area contributed by atoms with Crippen LogP contribution < -0.4 is 5.32 Å². The Labute approximate surface area is 97.3 Å². The quantitative estimate of drug-likeness (QED) is 0.722. The fourth-order valence-corrected chi connectivity index (χ4v) is 1.93. The Kier molecular flexibility index (Phi) is 3.50. The van der Waals surface area contributed by atoms with Gasteiger partial charge in [-0.3, -0.25) is 4.79 Å². The molecule has 16 heavy (non-hydrogen) atoms. The molecule has 1 N–H and O–H groups in total. The van der Waals surface area contributed by atoms with Crippen LogP contribution in [0.3, 0.4) is 0 Å². The Morgan fingerprint density at radius 2 is 2.19 bits per heavy atom. The van der Waals surface area contributed by atoms with E-state index in [9.17, 15) is 4.79 Å². The van der Waals surface area contributed by atoms with Crippen molar-refractivity contribution < 1.29 is 9.53 Å². The summed E-state index contributed by atoms with van der Waals surface area (Å²) < 4.78 is 5.66. The van der Waals surface area contributed by atoms with Gasteiger partial charge in [0.2, 0.25) is 5.91 Å². The van der Waals surface area contributed by atoms with Gasteiger partial charge in [0, 0.05) is 26.2 Å². The summed E-state index contributed by atoms with van der Waals surface area (Å²) in [5.74, 6) is 0.896. The number of carbonyl (C=O) groups is 1. The molecule has 1 saturated carbocycles. The third-order valence-electron chi connectivity index (χ3n) is 3.45. The first kappa shape index (κ1) is 11.9. The lowest BCUT2D eigenvalue weighted by molar-refractivity contribution is -0.146. The molecular formula is C12H22N2O2. The number of hydrogen-bond acceptors (Lipinski definition) is 3. The van der Waals surface area contributed by atoms with Crippen molar-refractivity contribution in [1.82, 2.24) is 10.2 Å². The van der Waals surface area contributed by atoms with Gasteiger partial charge in [-0.2, -0.15) is 0 Å². The summed E-state index contributed by atoms with van der Waals surface area (Å²) in [6.07, 6.45) is 2.57. The molecule has 0 radical (unpaired) electrons. The molecule has 4 heteroatoms. The Morgan fingerprint density at radius 3 is 2.62 bits per heavy atom. The molecule has 1 aliphatic heterocycles. The summed E-state index contributed by atoms with van der Waals surface area (Å²) in [6, 6.07) is 0. The van der Waals surface area contributed by atoms with Gasteiger partial charge >= 0.3 is 0 Å². The maximum Gasteiger partial charge on any atom is 0.248 e. The molecule has 0 aromatic carbocycles. The van der Waals surface area contributed by atoms with Gasteiger partial charge in [0.25, 0.3) is 0 Å². The van der Waals surface area contributed by atoms with Crippen LogP contribution in [0.5, 0.6) is 0 Å². The van der Waals surface area contributed by atoms with E-state index in [1.807, 2.05) is 18.7 Å². The van der Waals surface area contributed by atoms with Gasteiger partial charge in [-0.25, -0.2) is 0 Å². The minimum atomic E-state index is -0.116. The van der Waals surface area contributed by atoms with E-state index >= 15 is 0 Å². The maximum atomic E-state index is 11.9. The first-order chi connectivity index (χ1) is 7.63. The van der Waals surface area contributed by atoms with E-state index in [-0.39, 0.29) is 18.1 Å². The van der Waals surface area contributed by atoms with E-state index in [1.54, 1.807) is 0 Å². The first-order valence-electron chi connectivity index (χ1n) is 6.25. The summed E-state index contributed by atoms with van der Waals surface area (Å²) in [6.45, 7) is 7.75. The summed E-state index contributed by atoms with van der Waals surface area (Å²) >= 11 is 0. The van der Waals surface area contributed by atoms with Crippen LogP contribution in [-0.4, -0.2) is 49.2 Å². The highest BCUT2D eigenvalue weighted by atomic mass is 16.5. The van der Waals surface area contributed by atoms with Crippen LogP contribution in [-0.2, 0) is 9.53 Å². The smallest absolute Gasteiger partial charge is 0.248 e. The topological polar surface area (TPSA) is 41.6 Å². The SMILES string of the molecule is CCN(CC1CC1)C(=O)COC1(C)CNC1. The van der Waals surface area contributed by atoms with E-state index in [2.05, 4.69) is 5.32 Å². The number of hydrogen-bond donors (Lipinski definition) is 1. The number of carbonyl (C=O) groups excluding carboxylic acids is 1. The lowest BCUT2D eigenvalue weighted by Crippen LogP contribution is -2.59. The number of likely N-dealkylation sites (N-methyl/N-ethyl adjacent to an activating group) is 1. The Morgan fingerprint density at radius 1 is 1.50 bits per heavy atom. The molecule has 1 heterocycles. The molecular weight excluding hydrogens is 204 g/mol. The van der Waals surface area contributed by atoms with Crippen molar-refractivity contribution in [2.24, 2.45) is 5.92 Å². The van der Waals surface area contributed by atoms with E-state index < -0.39 is 0 Å². The number of ether oxygens (including phenoxy) is 1. The predicted molar refractivity (Wildman–Crippen MR) is 62.2 cm³/mol. The van der Waals surface area contributed by atoms with E-state index in [0.29, 0.717) is 0 Å². The fraction of sp³-hybridized carbons (Fsp3) is 0.917. The summed E-state index contributed by atoms with van der Waals surface area (Å²) in [5, 5.41) is 3.16. The first-order valence-corrected chi connectivity index (χ1v) is 6.25. The molecule has 2 rings (SSSR count). The van der Waals surface area contributed by atoms with Crippen molar-refractivity contribution >= 4 is 5.91 Å². The second kappa shape index (κ2) is 4.72. The average Bonchev–Trinajstić information content (AvgIpc) is 3.03. The van der Waals surface area contributed by atoms with Gasteiger partial charge in [0.05, 0.1) is 5.60 Å². The van der Waals surface area contributed by atoms with Crippen LogP contribution in [0.2, 0.25) is 0 Å². The third-order valence-corrected chi connectivity index (χ3v) is 3.45. The zero-order valence-electron chi connectivity index (χ0n) is 10.3. The molecule has 0 atom stereocenters. The highest BCUT2D eigenvalue weighted by Crippen LogP contribution is 2.29. The number of nitrogens with zero attached hydrogens (tertiary/aromatic N) is 1. The highest BCUT2D eigenvalue weighted by molar-refractivity contribution is 5.77. The zero-order chi connectivity index (χ0) is 11.6. The van der Waals surface area contributed by atoms with Crippen molar-refractivity contribution in [3.05, 3.63) is 0 Å². The second-order valence-electron chi connectivity index (χ2n) is 5.22. The van der Waals surface area contributed by atoms with Crippen molar-refractivity contribution in [1.29, 1.82) is 0 Å². The normalized spacial score (nSPS) is 22.6. The number of nitrogens with one attached hydrogen (secondary N) is 1. The molecule has 0 spiro atoms. The minimum Gasteiger partial charge on any atom is -0.363 e. The standard InChI is InChI=1S/C12H22N2O2/c1-3-14(6-10-4-5-10)11(15)7-16-12(2)8-13-9-12/h10,13H,3-9H2,1-2H3. The van der Waals surface area contributed by atoms with Gasteiger partial charge in [-0.15, -0.1) is 0 Å². The monoisotopic (exact) mass is 226 g/mol. The fourth-order valence-electron chi connectivity index (χ4n) is 1.93.